The zero-order chi connectivity index (χ0) is 12.0. The summed E-state index contributed by atoms with van der Waals surface area (Å²) in [6, 6.07) is 5.85. The summed E-state index contributed by atoms with van der Waals surface area (Å²) in [5.41, 5.74) is 7.76. The summed E-state index contributed by atoms with van der Waals surface area (Å²) in [5.74, 6) is 0. The van der Waals surface area contributed by atoms with E-state index >= 15 is 0 Å². The lowest BCUT2D eigenvalue weighted by Gasteiger charge is -2.08. The van der Waals surface area contributed by atoms with Crippen LogP contribution in [0, 0.1) is 0 Å². The van der Waals surface area contributed by atoms with Gasteiger partial charge in [0.15, 0.2) is 0 Å². The van der Waals surface area contributed by atoms with Crippen molar-refractivity contribution in [2.24, 2.45) is 5.73 Å². The highest BCUT2D eigenvalue weighted by Crippen LogP contribution is 2.35. The number of hydrogen-bond acceptors (Lipinski definition) is 3. The molecule has 0 aliphatic heterocycles. The number of H-pyrrole nitrogens is 1. The van der Waals surface area contributed by atoms with Gasteiger partial charge >= 0.3 is 5.69 Å². The number of aliphatic hydroxyl groups is 1. The summed E-state index contributed by atoms with van der Waals surface area (Å²) in [5, 5.41) is 9.66. The Morgan fingerprint density at radius 2 is 2.29 bits per heavy atom. The van der Waals surface area contributed by atoms with Gasteiger partial charge in [0, 0.05) is 12.6 Å². The fourth-order valence-electron chi connectivity index (χ4n) is 2.19. The van der Waals surface area contributed by atoms with Gasteiger partial charge < -0.3 is 15.8 Å². The number of nitrogens with zero attached hydrogens (tertiary/aromatic N) is 1. The molecular formula is C12H15N3O2. The van der Waals surface area contributed by atoms with Crippen molar-refractivity contribution in [3.63, 3.8) is 0 Å². The maximum atomic E-state index is 11.8. The van der Waals surface area contributed by atoms with Crippen molar-refractivity contribution in [1.82, 2.24) is 9.55 Å². The van der Waals surface area contributed by atoms with E-state index in [0.29, 0.717) is 6.04 Å². The molecule has 1 unspecified atom stereocenters. The van der Waals surface area contributed by atoms with E-state index in [1.807, 2.05) is 12.1 Å². The van der Waals surface area contributed by atoms with Gasteiger partial charge in [-0.1, -0.05) is 6.07 Å². The van der Waals surface area contributed by atoms with Crippen LogP contribution >= 0.6 is 0 Å². The first-order valence-corrected chi connectivity index (χ1v) is 5.83. The van der Waals surface area contributed by atoms with E-state index < -0.39 is 6.10 Å². The first-order chi connectivity index (χ1) is 8.20. The van der Waals surface area contributed by atoms with Crippen LogP contribution in [0.25, 0.3) is 11.0 Å². The summed E-state index contributed by atoms with van der Waals surface area (Å²) in [6.45, 7) is 0.180. The predicted molar refractivity (Wildman–Crippen MR) is 64.8 cm³/mol. The summed E-state index contributed by atoms with van der Waals surface area (Å²) in [7, 11) is 0. The van der Waals surface area contributed by atoms with E-state index in [1.165, 1.54) is 0 Å². The van der Waals surface area contributed by atoms with Gasteiger partial charge in [-0.3, -0.25) is 4.57 Å². The van der Waals surface area contributed by atoms with E-state index in [2.05, 4.69) is 4.98 Å². The molecule has 0 bridgehead atoms. The van der Waals surface area contributed by atoms with Crippen LogP contribution in [0.2, 0.25) is 0 Å². The lowest BCUT2D eigenvalue weighted by molar-refractivity contribution is 0.187. The molecule has 1 atom stereocenters. The minimum absolute atomic E-state index is 0.0677. The largest absolute Gasteiger partial charge is 0.387 e. The summed E-state index contributed by atoms with van der Waals surface area (Å²) in [4.78, 5) is 14.6. The normalized spacial score (nSPS) is 17.5. The maximum absolute atomic E-state index is 11.8. The average Bonchev–Trinajstić information content (AvgIpc) is 3.10. The summed E-state index contributed by atoms with van der Waals surface area (Å²) < 4.78 is 1.80. The number of aliphatic hydroxyl groups excluding tert-OH is 1. The van der Waals surface area contributed by atoms with Crippen molar-refractivity contribution in [2.75, 3.05) is 6.54 Å². The number of rotatable bonds is 3. The molecule has 1 aromatic heterocycles. The minimum atomic E-state index is -0.674. The van der Waals surface area contributed by atoms with E-state index in [1.54, 1.807) is 10.6 Å². The van der Waals surface area contributed by atoms with Gasteiger partial charge in [-0.2, -0.15) is 0 Å². The summed E-state index contributed by atoms with van der Waals surface area (Å²) in [6.07, 6.45) is 1.47. The third-order valence-electron chi connectivity index (χ3n) is 3.26. The zero-order valence-electron chi connectivity index (χ0n) is 9.39. The number of imidazole rings is 1. The van der Waals surface area contributed by atoms with Crippen LogP contribution in [0.15, 0.2) is 23.0 Å². The summed E-state index contributed by atoms with van der Waals surface area (Å²) >= 11 is 0. The molecule has 3 rings (SSSR count). The molecule has 0 spiro atoms. The quantitative estimate of drug-likeness (QED) is 0.728. The van der Waals surface area contributed by atoms with E-state index in [4.69, 9.17) is 5.73 Å². The molecule has 90 valence electrons. The smallest absolute Gasteiger partial charge is 0.326 e. The third-order valence-corrected chi connectivity index (χ3v) is 3.26. The Balaban J connectivity index is 2.15. The fourth-order valence-corrected chi connectivity index (χ4v) is 2.19. The number of nitrogens with two attached hydrogens (primary N) is 1. The van der Waals surface area contributed by atoms with Gasteiger partial charge in [-0.05, 0) is 30.5 Å². The standard InChI is InChI=1S/C12H15N3O2/c13-6-11(16)7-1-4-10-9(5-7)14-12(17)15(10)8-2-3-8/h1,4-5,8,11,16H,2-3,6,13H2,(H,14,17). The van der Waals surface area contributed by atoms with Crippen molar-refractivity contribution in [3.8, 4) is 0 Å². The van der Waals surface area contributed by atoms with Crippen LogP contribution in [0.1, 0.15) is 30.6 Å². The maximum Gasteiger partial charge on any atom is 0.326 e. The van der Waals surface area contributed by atoms with E-state index in [9.17, 15) is 9.90 Å². The fraction of sp³-hybridized carbons (Fsp3) is 0.417. The molecule has 17 heavy (non-hydrogen) atoms. The van der Waals surface area contributed by atoms with Crippen molar-refractivity contribution in [1.29, 1.82) is 0 Å². The van der Waals surface area contributed by atoms with E-state index in [-0.39, 0.29) is 12.2 Å². The van der Waals surface area contributed by atoms with Crippen LogP contribution in [-0.2, 0) is 0 Å². The second kappa shape index (κ2) is 3.72. The van der Waals surface area contributed by atoms with Crippen molar-refractivity contribution in [2.45, 2.75) is 25.0 Å². The molecule has 1 heterocycles. The van der Waals surface area contributed by atoms with Crippen LogP contribution in [-0.4, -0.2) is 21.2 Å². The van der Waals surface area contributed by atoms with Crippen molar-refractivity contribution < 1.29 is 5.11 Å². The highest BCUT2D eigenvalue weighted by Gasteiger charge is 2.27. The monoisotopic (exact) mass is 233 g/mol. The van der Waals surface area contributed by atoms with Gasteiger partial charge in [0.05, 0.1) is 17.1 Å². The Hall–Kier alpha value is -1.59. The van der Waals surface area contributed by atoms with Crippen LogP contribution < -0.4 is 11.4 Å². The third kappa shape index (κ3) is 1.67. The number of fused-ring (bicyclic) bond motifs is 1. The first kappa shape index (κ1) is 10.6. The molecular weight excluding hydrogens is 218 g/mol. The van der Waals surface area contributed by atoms with Crippen LogP contribution in [0.5, 0.6) is 0 Å². The topological polar surface area (TPSA) is 84.0 Å². The van der Waals surface area contributed by atoms with Crippen LogP contribution in [0.3, 0.4) is 0 Å². The molecule has 1 saturated carbocycles. The molecule has 2 aromatic rings. The second-order valence-electron chi connectivity index (χ2n) is 4.56. The molecule has 1 aromatic carbocycles. The highest BCUT2D eigenvalue weighted by atomic mass is 16.3. The van der Waals surface area contributed by atoms with Gasteiger partial charge in [-0.25, -0.2) is 4.79 Å². The highest BCUT2D eigenvalue weighted by molar-refractivity contribution is 5.76. The molecule has 1 aliphatic rings. The minimum Gasteiger partial charge on any atom is -0.387 e. The molecule has 0 saturated heterocycles. The van der Waals surface area contributed by atoms with E-state index in [0.717, 1.165) is 29.4 Å². The number of aromatic nitrogens is 2. The lowest BCUT2D eigenvalue weighted by atomic mass is 10.1. The number of aromatic amines is 1. The molecule has 0 radical (unpaired) electrons. The molecule has 1 aliphatic carbocycles. The second-order valence-corrected chi connectivity index (χ2v) is 4.56. The van der Waals surface area contributed by atoms with Gasteiger partial charge in [0.2, 0.25) is 0 Å². The van der Waals surface area contributed by atoms with Gasteiger partial charge in [0.25, 0.3) is 0 Å². The Morgan fingerprint density at radius 3 is 2.94 bits per heavy atom. The van der Waals surface area contributed by atoms with Gasteiger partial charge in [0.1, 0.15) is 0 Å². The first-order valence-electron chi connectivity index (χ1n) is 5.83. The molecule has 1 fully saturated rings. The Morgan fingerprint density at radius 1 is 1.53 bits per heavy atom. The SMILES string of the molecule is NCC(O)c1ccc2c(c1)[nH]c(=O)n2C1CC1. The predicted octanol–water partition coefficient (Wildman–Crippen LogP) is 0.657. The van der Waals surface area contributed by atoms with Crippen molar-refractivity contribution in [3.05, 3.63) is 34.2 Å². The number of nitrogens with one attached hydrogen (secondary N) is 1. The Bertz CT molecular complexity index is 610. The average molecular weight is 233 g/mol. The molecule has 5 nitrogen and oxygen atoms in total. The number of hydrogen-bond donors (Lipinski definition) is 3. The zero-order valence-corrected chi connectivity index (χ0v) is 9.39. The van der Waals surface area contributed by atoms with Gasteiger partial charge in [-0.15, -0.1) is 0 Å². The van der Waals surface area contributed by atoms with Crippen molar-refractivity contribution >= 4 is 11.0 Å². The Kier molecular flexibility index (Phi) is 2.31. The molecule has 5 heteroatoms. The number of benzene rings is 1. The van der Waals surface area contributed by atoms with Crippen LogP contribution in [0.4, 0.5) is 0 Å². The molecule has 0 amide bonds. The molecule has 4 N–H and O–H groups in total. The Labute approximate surface area is 97.9 Å². The lowest BCUT2D eigenvalue weighted by Crippen LogP contribution is -2.14.